The summed E-state index contributed by atoms with van der Waals surface area (Å²) in [5.74, 6) is 1.82. The lowest BCUT2D eigenvalue weighted by molar-refractivity contribution is -0.123. The Balaban J connectivity index is 0.000000369. The lowest BCUT2D eigenvalue weighted by Crippen LogP contribution is -2.46. The molecule has 2 aromatic carbocycles. The van der Waals surface area contributed by atoms with Crippen LogP contribution in [0.2, 0.25) is 0 Å². The van der Waals surface area contributed by atoms with E-state index in [1.165, 1.54) is 12.8 Å². The summed E-state index contributed by atoms with van der Waals surface area (Å²) < 4.78 is 5.58. The van der Waals surface area contributed by atoms with Gasteiger partial charge in [-0.05, 0) is 75.2 Å². The van der Waals surface area contributed by atoms with E-state index < -0.39 is 0 Å². The van der Waals surface area contributed by atoms with Crippen LogP contribution < -0.4 is 20.7 Å². The summed E-state index contributed by atoms with van der Waals surface area (Å²) >= 11 is 0. The molecule has 0 radical (unpaired) electrons. The van der Waals surface area contributed by atoms with Gasteiger partial charge in [0.2, 0.25) is 0 Å². The predicted octanol–water partition coefficient (Wildman–Crippen LogP) is 7.92. The van der Waals surface area contributed by atoms with Crippen LogP contribution in [0.5, 0.6) is 5.75 Å². The second-order valence-electron chi connectivity index (χ2n) is 14.9. The van der Waals surface area contributed by atoms with Gasteiger partial charge in [0.25, 0.3) is 0 Å². The number of ketones is 3. The Morgan fingerprint density at radius 1 is 0.673 bits per heavy atom. The van der Waals surface area contributed by atoms with Crippen molar-refractivity contribution in [3.05, 3.63) is 59.7 Å². The lowest BCUT2D eigenvalue weighted by atomic mass is 10.0. The van der Waals surface area contributed by atoms with Gasteiger partial charge in [-0.3, -0.25) is 19.3 Å². The fourth-order valence-corrected chi connectivity index (χ4v) is 5.09. The zero-order valence-corrected chi connectivity index (χ0v) is 32.7. The summed E-state index contributed by atoms with van der Waals surface area (Å²) in [7, 11) is 0. The fourth-order valence-electron chi connectivity index (χ4n) is 5.09. The highest BCUT2D eigenvalue weighted by molar-refractivity contribution is 5.98. The van der Waals surface area contributed by atoms with Crippen molar-refractivity contribution in [2.45, 2.75) is 120 Å². The number of likely N-dealkylation sites (tertiary alicyclic amines) is 1. The molecule has 0 aromatic heterocycles. The van der Waals surface area contributed by atoms with Crippen LogP contribution in [0.1, 0.15) is 117 Å². The largest absolute Gasteiger partial charge is 0.492 e. The molecule has 0 saturated carbocycles. The van der Waals surface area contributed by atoms with Crippen LogP contribution in [0, 0.1) is 17.8 Å². The van der Waals surface area contributed by atoms with Crippen molar-refractivity contribution in [2.75, 3.05) is 38.1 Å². The fraction of sp³-hybridized carbons (Fsp3) is 0.634. The number of nitrogens with zero attached hydrogens (tertiary/aromatic N) is 1. The molecule has 1 aliphatic heterocycles. The van der Waals surface area contributed by atoms with E-state index in [0.717, 1.165) is 42.2 Å². The average Bonchev–Trinajstić information content (AvgIpc) is 3.04. The Bertz CT molecular complexity index is 1210. The zero-order valence-electron chi connectivity index (χ0n) is 32.7. The molecule has 2 aromatic rings. The molecule has 3 rings (SSSR count). The SMILES string of the molecule is CC(C)NC1CCN(CC(=O)C(C)C)CC1.CC(C)NCCOc1ccc(C(=O)C(C)C)cc1.CC(C)Nc1ccc(C(=O)C(C)C)cc1. The van der Waals surface area contributed by atoms with Crippen LogP contribution >= 0.6 is 0 Å². The van der Waals surface area contributed by atoms with Crippen LogP contribution in [-0.2, 0) is 4.79 Å². The number of Topliss-reactive ketones (excluding diaryl/α,β-unsaturated/α-hetero) is 3. The van der Waals surface area contributed by atoms with E-state index in [1.807, 2.05) is 90.1 Å². The molecule has 0 aliphatic carbocycles. The molecule has 3 N–H and O–H groups in total. The van der Waals surface area contributed by atoms with Crippen LogP contribution in [-0.4, -0.2) is 79.2 Å². The number of hydrogen-bond donors (Lipinski definition) is 3. The van der Waals surface area contributed by atoms with Crippen molar-refractivity contribution in [3.63, 3.8) is 0 Å². The van der Waals surface area contributed by atoms with Crippen LogP contribution in [0.4, 0.5) is 5.69 Å². The average molecular weight is 681 g/mol. The monoisotopic (exact) mass is 681 g/mol. The summed E-state index contributed by atoms with van der Waals surface area (Å²) in [5.41, 5.74) is 2.60. The molecule has 1 saturated heterocycles. The molecular weight excluding hydrogens is 612 g/mol. The van der Waals surface area contributed by atoms with Crippen LogP contribution in [0.3, 0.4) is 0 Å². The standard InChI is InChI=1S/C15H23NO2.C13H26N2O.C13H19NO/c1-11(2)15(17)13-5-7-14(8-6-13)18-10-9-16-12(3)4;1-10(2)13(16)9-15-7-5-12(6-8-15)14-11(3)4;1-9(2)13(15)11-5-7-12(8-6-11)14-10(3)4/h5-8,11-12,16H,9-10H2,1-4H3;10-12,14H,5-9H2,1-4H3;5-10,14H,1-4H3. The third kappa shape index (κ3) is 19.0. The first-order chi connectivity index (χ1) is 23.0. The number of ether oxygens (including phenoxy) is 1. The Kier molecular flexibility index (Phi) is 20.9. The highest BCUT2D eigenvalue weighted by Gasteiger charge is 2.21. The van der Waals surface area contributed by atoms with Gasteiger partial charge in [-0.15, -0.1) is 0 Å². The number of benzene rings is 2. The molecule has 49 heavy (non-hydrogen) atoms. The summed E-state index contributed by atoms with van der Waals surface area (Å²) in [4.78, 5) is 37.3. The number of hydrogen-bond acceptors (Lipinski definition) is 8. The maximum atomic E-state index is 11.7. The van der Waals surface area contributed by atoms with Gasteiger partial charge in [0.1, 0.15) is 18.1 Å². The van der Waals surface area contributed by atoms with Gasteiger partial charge in [-0.2, -0.15) is 0 Å². The van der Waals surface area contributed by atoms with Gasteiger partial charge < -0.3 is 20.7 Å². The molecule has 276 valence electrons. The Morgan fingerprint density at radius 3 is 1.57 bits per heavy atom. The van der Waals surface area contributed by atoms with E-state index in [-0.39, 0.29) is 29.3 Å². The number of rotatable bonds is 16. The van der Waals surface area contributed by atoms with Crippen molar-refractivity contribution in [1.82, 2.24) is 15.5 Å². The van der Waals surface area contributed by atoms with Crippen molar-refractivity contribution < 1.29 is 19.1 Å². The second-order valence-corrected chi connectivity index (χ2v) is 14.9. The van der Waals surface area contributed by atoms with Gasteiger partial charge in [0.15, 0.2) is 11.6 Å². The predicted molar refractivity (Wildman–Crippen MR) is 206 cm³/mol. The number of carbonyl (C=O) groups is 3. The maximum absolute atomic E-state index is 11.7. The lowest BCUT2D eigenvalue weighted by Gasteiger charge is -2.33. The minimum absolute atomic E-state index is 0.0343. The topological polar surface area (TPSA) is 99.8 Å². The molecule has 1 aliphatic rings. The van der Waals surface area contributed by atoms with Crippen molar-refractivity contribution in [1.29, 1.82) is 0 Å². The summed E-state index contributed by atoms with van der Waals surface area (Å²) in [5, 5.41) is 10.1. The highest BCUT2D eigenvalue weighted by atomic mass is 16.5. The smallest absolute Gasteiger partial charge is 0.165 e. The van der Waals surface area contributed by atoms with Crippen molar-refractivity contribution >= 4 is 23.0 Å². The summed E-state index contributed by atoms with van der Waals surface area (Å²) in [6.45, 7) is 28.6. The van der Waals surface area contributed by atoms with Gasteiger partial charge in [-0.25, -0.2) is 0 Å². The van der Waals surface area contributed by atoms with E-state index in [4.69, 9.17) is 4.74 Å². The van der Waals surface area contributed by atoms with Gasteiger partial charge in [0.05, 0.1) is 6.54 Å². The first-order valence-corrected chi connectivity index (χ1v) is 18.4. The van der Waals surface area contributed by atoms with Gasteiger partial charge >= 0.3 is 0 Å². The molecule has 1 fully saturated rings. The van der Waals surface area contributed by atoms with E-state index in [9.17, 15) is 14.4 Å². The second kappa shape index (κ2) is 23.4. The molecule has 0 bridgehead atoms. The van der Waals surface area contributed by atoms with E-state index in [1.54, 1.807) is 0 Å². The quantitative estimate of drug-likeness (QED) is 0.122. The minimum Gasteiger partial charge on any atom is -0.492 e. The van der Waals surface area contributed by atoms with Gasteiger partial charge in [-0.1, -0.05) is 69.2 Å². The molecule has 0 atom stereocenters. The summed E-state index contributed by atoms with van der Waals surface area (Å²) in [6, 6.07) is 17.1. The van der Waals surface area contributed by atoms with Crippen LogP contribution in [0.15, 0.2) is 48.5 Å². The third-order valence-electron chi connectivity index (χ3n) is 7.92. The number of nitrogens with one attached hydrogen (secondary N) is 3. The van der Waals surface area contributed by atoms with Crippen molar-refractivity contribution in [3.8, 4) is 5.75 Å². The molecule has 0 unspecified atom stereocenters. The van der Waals surface area contributed by atoms with E-state index >= 15 is 0 Å². The summed E-state index contributed by atoms with van der Waals surface area (Å²) in [6.07, 6.45) is 2.34. The molecule has 1 heterocycles. The van der Waals surface area contributed by atoms with Crippen LogP contribution in [0.25, 0.3) is 0 Å². The minimum atomic E-state index is 0.0343. The molecule has 0 amide bonds. The zero-order chi connectivity index (χ0) is 37.1. The van der Waals surface area contributed by atoms with E-state index in [2.05, 4.69) is 62.4 Å². The molecule has 8 heteroatoms. The Morgan fingerprint density at radius 2 is 1.16 bits per heavy atom. The third-order valence-corrected chi connectivity index (χ3v) is 7.92. The number of piperidine rings is 1. The highest BCUT2D eigenvalue weighted by Crippen LogP contribution is 2.16. The molecule has 8 nitrogen and oxygen atoms in total. The number of anilines is 1. The molecule has 0 spiro atoms. The first-order valence-electron chi connectivity index (χ1n) is 18.4. The molecular formula is C41H68N4O4. The Hall–Kier alpha value is -3.07. The number of carbonyl (C=O) groups excluding carboxylic acids is 3. The maximum Gasteiger partial charge on any atom is 0.165 e. The Labute approximate surface area is 298 Å². The van der Waals surface area contributed by atoms with Crippen molar-refractivity contribution in [2.24, 2.45) is 17.8 Å². The normalized spacial score (nSPS) is 13.8. The van der Waals surface area contributed by atoms with Gasteiger partial charge in [0, 0.05) is 78.4 Å². The van der Waals surface area contributed by atoms with E-state index in [0.29, 0.717) is 43.1 Å². The first kappa shape index (κ1) is 44.0.